The number of H-pyrrole nitrogens is 1. The van der Waals surface area contributed by atoms with Crippen molar-refractivity contribution in [1.29, 1.82) is 0 Å². The highest BCUT2D eigenvalue weighted by Gasteiger charge is 2.08. The molecule has 0 aliphatic carbocycles. The van der Waals surface area contributed by atoms with E-state index in [0.717, 1.165) is 16.2 Å². The van der Waals surface area contributed by atoms with Gasteiger partial charge in [-0.15, -0.1) is 0 Å². The highest BCUT2D eigenvalue weighted by Crippen LogP contribution is 2.16. The molecule has 0 atom stereocenters. The quantitative estimate of drug-likeness (QED) is 0.109. The molecule has 0 spiro atoms. The summed E-state index contributed by atoms with van der Waals surface area (Å²) in [6.07, 6.45) is 0. The fraction of sp³-hybridized carbons (Fsp3) is 0.172. The Kier molecular flexibility index (Phi) is 12.0. The number of halogens is 5. The third kappa shape index (κ3) is 7.71. The molecule has 1 N–H and O–H groups in total. The van der Waals surface area contributed by atoms with Gasteiger partial charge in [0.1, 0.15) is 0 Å². The smallest absolute Gasteiger partial charge is 0.262 e. The van der Waals surface area contributed by atoms with Crippen molar-refractivity contribution in [3.63, 3.8) is 0 Å². The molecule has 0 amide bonds. The number of hydrogen-bond acceptors (Lipinski definition) is 6. The molecule has 0 saturated heterocycles. The minimum atomic E-state index is -0.112. The van der Waals surface area contributed by atoms with Gasteiger partial charge < -0.3 is 4.98 Å². The van der Waals surface area contributed by atoms with Crippen LogP contribution in [0.3, 0.4) is 0 Å². The summed E-state index contributed by atoms with van der Waals surface area (Å²) in [6, 6.07) is 16.7. The zero-order chi connectivity index (χ0) is 32.3. The second-order valence-corrected chi connectivity index (χ2v) is 14.0. The molecule has 3 aromatic carbocycles. The third-order valence-corrected chi connectivity index (χ3v) is 9.39. The average molecular weight is 987 g/mol. The molecular formula is C29H23Cl2I3N6O3S. The van der Waals surface area contributed by atoms with Crippen LogP contribution in [0.1, 0.15) is 13.8 Å². The molecular weight excluding hydrogens is 964 g/mol. The van der Waals surface area contributed by atoms with Crippen LogP contribution in [-0.4, -0.2) is 28.7 Å². The Balaban J connectivity index is 0.000000151. The maximum absolute atomic E-state index is 12.0. The molecule has 0 aliphatic heterocycles. The van der Waals surface area contributed by atoms with Crippen LogP contribution >= 0.6 is 103 Å². The Labute approximate surface area is 307 Å². The summed E-state index contributed by atoms with van der Waals surface area (Å²) in [6.45, 7) is 4.90. The van der Waals surface area contributed by atoms with Crippen molar-refractivity contribution >= 4 is 136 Å². The maximum atomic E-state index is 12.0. The number of rotatable bonds is 2. The molecule has 3 aromatic heterocycles. The van der Waals surface area contributed by atoms with Crippen molar-refractivity contribution in [1.82, 2.24) is 28.7 Å². The summed E-state index contributed by atoms with van der Waals surface area (Å²) < 4.78 is 7.91. The van der Waals surface area contributed by atoms with Gasteiger partial charge in [0, 0.05) is 30.8 Å². The monoisotopic (exact) mass is 986 g/mol. The largest absolute Gasteiger partial charge is 0.332 e. The predicted octanol–water partition coefficient (Wildman–Crippen LogP) is 7.55. The van der Waals surface area contributed by atoms with Crippen LogP contribution in [0.15, 0.2) is 69.0 Å². The molecule has 44 heavy (non-hydrogen) atoms. The van der Waals surface area contributed by atoms with Crippen LogP contribution in [0.25, 0.3) is 32.7 Å². The number of nitrogens with one attached hydrogen (secondary N) is 1. The van der Waals surface area contributed by atoms with Crippen molar-refractivity contribution in [3.05, 3.63) is 112 Å². The van der Waals surface area contributed by atoms with Gasteiger partial charge in [0.2, 0.25) is 10.6 Å². The fourth-order valence-corrected chi connectivity index (χ4v) is 6.42. The summed E-state index contributed by atoms with van der Waals surface area (Å²) in [4.78, 5) is 47.0. The van der Waals surface area contributed by atoms with E-state index in [1.165, 1.54) is 9.13 Å². The number of nitrogens with zero attached hydrogens (tertiary/aromatic N) is 5. The second-order valence-electron chi connectivity index (χ2n) is 9.17. The SMILES string of the molecule is CCn1c(=S)[nH]c2ccc(I)cc2c1=O.CCn1c(Cl)nc2ccc(I)cc2c1=O.Cn1c(Cl)nc2ccc(I)cc2c1=O. The number of hydrogen-bond donors (Lipinski definition) is 1. The third-order valence-electron chi connectivity index (χ3n) is 6.43. The predicted molar refractivity (Wildman–Crippen MR) is 206 cm³/mol. The first-order valence-electron chi connectivity index (χ1n) is 13.0. The normalized spacial score (nSPS) is 10.8. The lowest BCUT2D eigenvalue weighted by Crippen LogP contribution is -2.21. The summed E-state index contributed by atoms with van der Waals surface area (Å²) in [5.74, 6) is 0. The Morgan fingerprint density at radius 1 is 0.705 bits per heavy atom. The minimum absolute atomic E-state index is 0.0187. The lowest BCUT2D eigenvalue weighted by molar-refractivity contribution is 0.704. The Morgan fingerprint density at radius 3 is 1.70 bits per heavy atom. The lowest BCUT2D eigenvalue weighted by Gasteiger charge is -2.06. The van der Waals surface area contributed by atoms with Crippen molar-refractivity contribution < 1.29 is 0 Å². The Hall–Kier alpha value is -1.93. The molecule has 6 rings (SSSR count). The van der Waals surface area contributed by atoms with Crippen LogP contribution in [0.4, 0.5) is 0 Å². The average Bonchev–Trinajstić information content (AvgIpc) is 2.99. The molecule has 0 unspecified atom stereocenters. The highest BCUT2D eigenvalue weighted by atomic mass is 127. The number of fused-ring (bicyclic) bond motifs is 3. The van der Waals surface area contributed by atoms with Crippen LogP contribution in [0, 0.1) is 15.5 Å². The van der Waals surface area contributed by atoms with Gasteiger partial charge in [0.05, 0.1) is 32.7 Å². The molecule has 0 saturated carbocycles. The van der Waals surface area contributed by atoms with E-state index < -0.39 is 0 Å². The van der Waals surface area contributed by atoms with Crippen molar-refractivity contribution in [2.45, 2.75) is 26.9 Å². The van der Waals surface area contributed by atoms with Crippen LogP contribution in [0.2, 0.25) is 10.6 Å². The summed E-state index contributed by atoms with van der Waals surface area (Å²) in [7, 11) is 1.61. The van der Waals surface area contributed by atoms with Crippen molar-refractivity contribution in [3.8, 4) is 0 Å². The van der Waals surface area contributed by atoms with Gasteiger partial charge in [0.15, 0.2) is 4.77 Å². The van der Waals surface area contributed by atoms with E-state index in [9.17, 15) is 14.4 Å². The molecule has 0 aliphatic rings. The van der Waals surface area contributed by atoms with E-state index in [0.29, 0.717) is 45.1 Å². The van der Waals surface area contributed by atoms with Crippen LogP contribution in [-0.2, 0) is 20.1 Å². The van der Waals surface area contributed by atoms with E-state index in [4.69, 9.17) is 35.4 Å². The van der Waals surface area contributed by atoms with Gasteiger partial charge in [-0.1, -0.05) is 0 Å². The Morgan fingerprint density at radius 2 is 1.16 bits per heavy atom. The van der Waals surface area contributed by atoms with Crippen LogP contribution in [0.5, 0.6) is 0 Å². The zero-order valence-corrected chi connectivity index (χ0v) is 32.2. The molecule has 3 heterocycles. The van der Waals surface area contributed by atoms with Crippen molar-refractivity contribution in [2.24, 2.45) is 7.05 Å². The van der Waals surface area contributed by atoms with Gasteiger partial charge >= 0.3 is 0 Å². The molecule has 0 fully saturated rings. The van der Waals surface area contributed by atoms with E-state index in [1.807, 2.05) is 62.4 Å². The van der Waals surface area contributed by atoms with Crippen LogP contribution < -0.4 is 16.7 Å². The summed E-state index contributed by atoms with van der Waals surface area (Å²) >= 11 is 23.3. The molecule has 0 bridgehead atoms. The number of benzene rings is 3. The van der Waals surface area contributed by atoms with Gasteiger partial charge in [-0.3, -0.25) is 28.1 Å². The van der Waals surface area contributed by atoms with Crippen molar-refractivity contribution in [2.75, 3.05) is 0 Å². The first kappa shape index (κ1) is 34.9. The van der Waals surface area contributed by atoms with Gasteiger partial charge in [0.25, 0.3) is 16.7 Å². The van der Waals surface area contributed by atoms with Gasteiger partial charge in [-0.25, -0.2) is 9.97 Å². The molecule has 6 aromatic rings. The molecule has 228 valence electrons. The van der Waals surface area contributed by atoms with Gasteiger partial charge in [-0.2, -0.15) is 0 Å². The van der Waals surface area contributed by atoms with E-state index in [2.05, 4.69) is 82.7 Å². The molecule has 15 heteroatoms. The number of aromatic nitrogens is 6. The topological polar surface area (TPSA) is 108 Å². The van der Waals surface area contributed by atoms with E-state index in [-0.39, 0.29) is 27.2 Å². The number of aromatic amines is 1. The summed E-state index contributed by atoms with van der Waals surface area (Å²) in [5, 5.41) is 2.37. The first-order chi connectivity index (χ1) is 20.9. The molecule has 9 nitrogen and oxygen atoms in total. The van der Waals surface area contributed by atoms with E-state index >= 15 is 0 Å². The molecule has 0 radical (unpaired) electrons. The summed E-state index contributed by atoms with van der Waals surface area (Å²) in [5.41, 5.74) is 1.88. The zero-order valence-electron chi connectivity index (χ0n) is 23.4. The second kappa shape index (κ2) is 15.1. The fourth-order valence-electron chi connectivity index (χ4n) is 4.17. The standard InChI is InChI=1S/C10H8ClIN2O.C10H9IN2OS.C9H6ClIN2O/c1-2-14-9(15)7-5-6(12)3-4-8(7)13-10(14)11;1-2-13-9(14)7-5-6(11)3-4-8(7)12-10(13)15;1-13-8(14)6-4-5(11)2-3-7(6)12-9(13)10/h3-5H,2H2,1H3;3-5H,2H2,1H3,(H,12,15);2-4H,1H3. The van der Waals surface area contributed by atoms with E-state index in [1.54, 1.807) is 17.7 Å². The minimum Gasteiger partial charge on any atom is -0.332 e. The first-order valence-corrected chi connectivity index (χ1v) is 17.4. The maximum Gasteiger partial charge on any atom is 0.262 e. The van der Waals surface area contributed by atoms with Gasteiger partial charge in [-0.05, 0) is 172 Å². The highest BCUT2D eigenvalue weighted by molar-refractivity contribution is 14.1. The Bertz CT molecular complexity index is 2290. The lowest BCUT2D eigenvalue weighted by atomic mass is 10.2.